The molecule has 0 unspecified atom stereocenters. The molecule has 0 radical (unpaired) electrons. The minimum absolute atomic E-state index is 0.131. The van der Waals surface area contributed by atoms with Crippen LogP contribution in [0, 0.1) is 11.8 Å². The summed E-state index contributed by atoms with van der Waals surface area (Å²) < 4.78 is 5.63. The molecule has 0 aliphatic carbocycles. The molecule has 1 aromatic heterocycles. The van der Waals surface area contributed by atoms with Gasteiger partial charge in [-0.1, -0.05) is 58.0 Å². The second-order valence-electron chi connectivity index (χ2n) is 11.0. The lowest BCUT2D eigenvalue weighted by atomic mass is 10.00. The Balaban J connectivity index is 0.00000144. The molecule has 12 heteroatoms. The number of carbonyl (C=O) groups is 5. The predicted molar refractivity (Wildman–Crippen MR) is 155 cm³/mol. The van der Waals surface area contributed by atoms with Crippen LogP contribution in [0.5, 0.6) is 0 Å². The van der Waals surface area contributed by atoms with Gasteiger partial charge in [-0.15, -0.1) is 0 Å². The summed E-state index contributed by atoms with van der Waals surface area (Å²) in [6.07, 6.45) is 3.53. The van der Waals surface area contributed by atoms with Gasteiger partial charge in [0.15, 0.2) is 5.69 Å². The molecular formula is C30H43N5O7. The number of oxazole rings is 1. The Morgan fingerprint density at radius 1 is 1.05 bits per heavy atom. The molecule has 5 N–H and O–H groups in total. The summed E-state index contributed by atoms with van der Waals surface area (Å²) in [4.78, 5) is 65.3. The van der Waals surface area contributed by atoms with E-state index < -0.39 is 35.9 Å². The molecule has 230 valence electrons. The molecule has 3 rings (SSSR count). The zero-order valence-electron chi connectivity index (χ0n) is 24.9. The van der Waals surface area contributed by atoms with E-state index in [0.29, 0.717) is 38.6 Å². The number of carbonyl (C=O) groups excluding carboxylic acids is 4. The Hall–Kier alpha value is -4.22. The van der Waals surface area contributed by atoms with E-state index in [9.17, 15) is 19.2 Å². The summed E-state index contributed by atoms with van der Waals surface area (Å²) >= 11 is 0. The fraction of sp³-hybridized carbons (Fsp3) is 0.533. The third kappa shape index (κ3) is 11.7. The highest BCUT2D eigenvalue weighted by molar-refractivity contribution is 5.93. The van der Waals surface area contributed by atoms with E-state index >= 15 is 0 Å². The normalized spacial score (nSPS) is 20.1. The Bertz CT molecular complexity index is 1190. The number of carboxylic acid groups (broad SMARTS) is 1. The molecule has 2 aromatic rings. The van der Waals surface area contributed by atoms with Crippen LogP contribution in [0.15, 0.2) is 41.0 Å². The van der Waals surface area contributed by atoms with E-state index in [0.717, 1.165) is 12.5 Å². The molecule has 12 nitrogen and oxygen atoms in total. The van der Waals surface area contributed by atoms with Gasteiger partial charge < -0.3 is 30.8 Å². The van der Waals surface area contributed by atoms with Crippen molar-refractivity contribution < 1.29 is 33.5 Å². The summed E-state index contributed by atoms with van der Waals surface area (Å²) in [6, 6.07) is 7.23. The van der Waals surface area contributed by atoms with Crippen LogP contribution < -0.4 is 21.3 Å². The first kappa shape index (κ1) is 34.0. The molecule has 2 bridgehead atoms. The van der Waals surface area contributed by atoms with Crippen molar-refractivity contribution in [3.05, 3.63) is 53.7 Å². The number of rotatable bonds is 6. The summed E-state index contributed by atoms with van der Waals surface area (Å²) in [5, 5.41) is 18.9. The van der Waals surface area contributed by atoms with Crippen molar-refractivity contribution in [3.8, 4) is 0 Å². The van der Waals surface area contributed by atoms with E-state index in [1.54, 1.807) is 0 Å². The van der Waals surface area contributed by atoms with Crippen LogP contribution in [0.25, 0.3) is 0 Å². The van der Waals surface area contributed by atoms with Crippen LogP contribution in [-0.2, 0) is 25.6 Å². The Morgan fingerprint density at radius 3 is 2.33 bits per heavy atom. The van der Waals surface area contributed by atoms with E-state index in [1.165, 1.54) is 6.26 Å². The fourth-order valence-electron chi connectivity index (χ4n) is 4.31. The van der Waals surface area contributed by atoms with E-state index in [4.69, 9.17) is 14.3 Å². The van der Waals surface area contributed by atoms with Crippen molar-refractivity contribution in [2.24, 2.45) is 11.8 Å². The molecule has 0 saturated heterocycles. The lowest BCUT2D eigenvalue weighted by molar-refractivity contribution is -0.134. The molecule has 1 aliphatic heterocycles. The number of hydrogen-bond acceptors (Lipinski definition) is 7. The second-order valence-corrected chi connectivity index (χ2v) is 11.0. The molecule has 1 aliphatic rings. The topological polar surface area (TPSA) is 180 Å². The third-order valence-corrected chi connectivity index (χ3v) is 6.35. The first-order valence-electron chi connectivity index (χ1n) is 14.2. The number of aromatic nitrogens is 1. The Morgan fingerprint density at radius 2 is 1.71 bits per heavy atom. The molecule has 3 atom stereocenters. The first-order chi connectivity index (χ1) is 19.9. The van der Waals surface area contributed by atoms with E-state index in [-0.39, 0.29) is 35.2 Å². The number of amides is 4. The SMILES string of the molecule is CC(=O)O.CC(C)CC(=O)N[C@H]1CCCCNC(=O)c2coc(n2)[C@@H](Cc2ccccc2)NC(=O)[C@H](C(C)C)NC1=O. The van der Waals surface area contributed by atoms with Gasteiger partial charge in [-0.05, 0) is 36.7 Å². The predicted octanol–water partition coefficient (Wildman–Crippen LogP) is 2.75. The van der Waals surface area contributed by atoms with Gasteiger partial charge in [0.2, 0.25) is 23.6 Å². The van der Waals surface area contributed by atoms with E-state index in [2.05, 4.69) is 26.3 Å². The van der Waals surface area contributed by atoms with Gasteiger partial charge in [-0.3, -0.25) is 24.0 Å². The van der Waals surface area contributed by atoms with Crippen molar-refractivity contribution in [2.45, 2.75) is 84.8 Å². The highest BCUT2D eigenvalue weighted by atomic mass is 16.4. The summed E-state index contributed by atoms with van der Waals surface area (Å²) in [5.41, 5.74) is 1.07. The highest BCUT2D eigenvalue weighted by Gasteiger charge is 2.31. The van der Waals surface area contributed by atoms with Gasteiger partial charge in [0.25, 0.3) is 11.9 Å². The summed E-state index contributed by atoms with van der Waals surface area (Å²) in [6.45, 7) is 9.02. The largest absolute Gasteiger partial charge is 0.481 e. The Labute approximate surface area is 246 Å². The third-order valence-electron chi connectivity index (χ3n) is 6.35. The molecule has 0 saturated carbocycles. The average Bonchev–Trinajstić information content (AvgIpc) is 3.40. The molecule has 4 amide bonds. The zero-order chi connectivity index (χ0) is 31.2. The monoisotopic (exact) mass is 585 g/mol. The number of aliphatic carboxylic acids is 1. The van der Waals surface area contributed by atoms with Crippen molar-refractivity contribution in [3.63, 3.8) is 0 Å². The number of nitrogens with zero attached hydrogens (tertiary/aromatic N) is 1. The quantitative estimate of drug-likeness (QED) is 0.343. The molecule has 0 spiro atoms. The fourth-order valence-corrected chi connectivity index (χ4v) is 4.31. The van der Waals surface area contributed by atoms with Crippen molar-refractivity contribution in [2.75, 3.05) is 6.54 Å². The van der Waals surface area contributed by atoms with Crippen LogP contribution in [0.4, 0.5) is 0 Å². The lowest BCUT2D eigenvalue weighted by Crippen LogP contribution is -2.56. The van der Waals surface area contributed by atoms with Crippen molar-refractivity contribution in [1.29, 1.82) is 0 Å². The molecule has 0 fully saturated rings. The summed E-state index contributed by atoms with van der Waals surface area (Å²) in [7, 11) is 0. The molecular weight excluding hydrogens is 542 g/mol. The molecule has 1 aromatic carbocycles. The maximum Gasteiger partial charge on any atom is 0.300 e. The van der Waals surface area contributed by atoms with Gasteiger partial charge in [-0.25, -0.2) is 4.98 Å². The number of carboxylic acids is 1. The first-order valence-corrected chi connectivity index (χ1v) is 14.2. The van der Waals surface area contributed by atoms with Crippen molar-refractivity contribution >= 4 is 29.6 Å². The van der Waals surface area contributed by atoms with Gasteiger partial charge >= 0.3 is 0 Å². The summed E-state index contributed by atoms with van der Waals surface area (Å²) in [5.74, 6) is -2.13. The second kappa shape index (κ2) is 16.9. The number of benzene rings is 1. The maximum absolute atomic E-state index is 13.5. The van der Waals surface area contributed by atoms with Crippen LogP contribution in [0.1, 0.15) is 88.3 Å². The lowest BCUT2D eigenvalue weighted by Gasteiger charge is -2.27. The highest BCUT2D eigenvalue weighted by Crippen LogP contribution is 2.20. The van der Waals surface area contributed by atoms with Crippen LogP contribution in [0.3, 0.4) is 0 Å². The van der Waals surface area contributed by atoms with Crippen molar-refractivity contribution in [1.82, 2.24) is 26.3 Å². The minimum Gasteiger partial charge on any atom is -0.481 e. The van der Waals surface area contributed by atoms with E-state index in [1.807, 2.05) is 58.0 Å². The number of hydrogen-bond donors (Lipinski definition) is 5. The van der Waals surface area contributed by atoms with Gasteiger partial charge in [0.05, 0.1) is 0 Å². The zero-order valence-corrected chi connectivity index (χ0v) is 24.9. The molecule has 42 heavy (non-hydrogen) atoms. The average molecular weight is 586 g/mol. The molecule has 2 heterocycles. The standard InChI is InChI=1S/C28H39N5O5.C2H4O2/c1-17(2)14-23(34)30-20-12-8-9-13-29-25(35)22-16-38-28(32-22)21(15-19-10-6-5-7-11-19)31-27(37)24(18(3)4)33-26(20)36;1-2(3)4/h5-7,10-11,16-18,20-21,24H,8-9,12-15H2,1-4H3,(H,29,35)(H,30,34)(H,31,37)(H,33,36);1H3,(H,3,4)/t20-,21+,24-;/m0./s1. The number of fused-ring (bicyclic) bond motifs is 2. The van der Waals surface area contributed by atoms with Crippen LogP contribution in [-0.4, -0.2) is 58.3 Å². The van der Waals surface area contributed by atoms with Crippen LogP contribution >= 0.6 is 0 Å². The number of nitrogens with one attached hydrogen (secondary N) is 4. The smallest absolute Gasteiger partial charge is 0.300 e. The maximum atomic E-state index is 13.5. The van der Waals surface area contributed by atoms with Gasteiger partial charge in [0.1, 0.15) is 24.4 Å². The van der Waals surface area contributed by atoms with Gasteiger partial charge in [-0.2, -0.15) is 0 Å². The Kier molecular flexibility index (Phi) is 13.7. The minimum atomic E-state index is -0.851. The van der Waals surface area contributed by atoms with Gasteiger partial charge in [0, 0.05) is 26.3 Å². The van der Waals surface area contributed by atoms with Crippen LogP contribution in [0.2, 0.25) is 0 Å².